The molecule has 3 nitrogen and oxygen atoms in total. The molecule has 94 valence electrons. The number of nitrogens with two attached hydrogens (primary N) is 1. The summed E-state index contributed by atoms with van der Waals surface area (Å²) in [6.07, 6.45) is 3.36. The molecular weight excluding hydrogens is 245 g/mol. The second-order valence-electron chi connectivity index (χ2n) is 4.46. The number of ether oxygens (including phenoxy) is 1. The van der Waals surface area contributed by atoms with Gasteiger partial charge in [0.25, 0.3) is 0 Å². The van der Waals surface area contributed by atoms with E-state index in [0.29, 0.717) is 18.4 Å². The Kier molecular flexibility index (Phi) is 3.19. The van der Waals surface area contributed by atoms with Crippen molar-refractivity contribution in [3.05, 3.63) is 22.5 Å². The minimum Gasteiger partial charge on any atom is -0.504 e. The Bertz CT molecular complexity index is 445. The zero-order valence-electron chi connectivity index (χ0n) is 9.59. The fourth-order valence-electron chi connectivity index (χ4n) is 2.50. The predicted octanol–water partition coefficient (Wildman–Crippen LogP) is 2.92. The van der Waals surface area contributed by atoms with E-state index in [1.165, 1.54) is 7.11 Å². The van der Waals surface area contributed by atoms with Gasteiger partial charge in [-0.2, -0.15) is 0 Å². The predicted molar refractivity (Wildman–Crippen MR) is 64.0 cm³/mol. The van der Waals surface area contributed by atoms with Crippen molar-refractivity contribution < 1.29 is 14.2 Å². The number of halogens is 2. The van der Waals surface area contributed by atoms with E-state index >= 15 is 0 Å². The van der Waals surface area contributed by atoms with Crippen LogP contribution in [0.2, 0.25) is 5.02 Å². The number of methoxy groups -OCH3 is 1. The van der Waals surface area contributed by atoms with Crippen molar-refractivity contribution in [3.63, 3.8) is 0 Å². The standard InChI is InChI=1S/C12H15ClFNO2/c1-17-11-8(16)6-7(14)10(13)9(11)12(15)4-2-3-5-12/h6,16H,2-5,15H2,1H3. The van der Waals surface area contributed by atoms with E-state index in [1.807, 2.05) is 0 Å². The van der Waals surface area contributed by atoms with Crippen molar-refractivity contribution in [2.75, 3.05) is 7.11 Å². The van der Waals surface area contributed by atoms with Crippen LogP contribution in [0.1, 0.15) is 31.2 Å². The second-order valence-corrected chi connectivity index (χ2v) is 4.84. The van der Waals surface area contributed by atoms with Crippen LogP contribution in [0.25, 0.3) is 0 Å². The first-order valence-electron chi connectivity index (χ1n) is 5.54. The van der Waals surface area contributed by atoms with Crippen molar-refractivity contribution in [1.29, 1.82) is 0 Å². The number of benzene rings is 1. The van der Waals surface area contributed by atoms with Crippen LogP contribution in [0.15, 0.2) is 6.07 Å². The summed E-state index contributed by atoms with van der Waals surface area (Å²) >= 11 is 5.97. The Morgan fingerprint density at radius 1 is 1.47 bits per heavy atom. The van der Waals surface area contributed by atoms with Gasteiger partial charge in [-0.3, -0.25) is 0 Å². The molecule has 1 aliphatic carbocycles. The quantitative estimate of drug-likeness (QED) is 0.859. The molecule has 5 heteroatoms. The first-order valence-corrected chi connectivity index (χ1v) is 5.92. The molecule has 1 fully saturated rings. The zero-order valence-corrected chi connectivity index (χ0v) is 10.4. The number of rotatable bonds is 2. The van der Waals surface area contributed by atoms with Gasteiger partial charge in [-0.15, -0.1) is 0 Å². The summed E-state index contributed by atoms with van der Waals surface area (Å²) in [4.78, 5) is 0. The Hall–Kier alpha value is -1.00. The lowest BCUT2D eigenvalue weighted by atomic mass is 9.88. The lowest BCUT2D eigenvalue weighted by molar-refractivity contribution is 0.346. The van der Waals surface area contributed by atoms with Crippen LogP contribution in [0.3, 0.4) is 0 Å². The highest BCUT2D eigenvalue weighted by molar-refractivity contribution is 6.32. The summed E-state index contributed by atoms with van der Waals surface area (Å²) in [5.41, 5.74) is 5.93. The molecule has 17 heavy (non-hydrogen) atoms. The number of hydrogen-bond acceptors (Lipinski definition) is 3. The summed E-state index contributed by atoms with van der Waals surface area (Å²) in [6, 6.07) is 0.947. The van der Waals surface area contributed by atoms with Crippen molar-refractivity contribution in [3.8, 4) is 11.5 Å². The number of hydrogen-bond donors (Lipinski definition) is 2. The highest BCUT2D eigenvalue weighted by Crippen LogP contribution is 2.48. The van der Waals surface area contributed by atoms with Gasteiger partial charge in [-0.1, -0.05) is 24.4 Å². The van der Waals surface area contributed by atoms with Crippen LogP contribution in [0.4, 0.5) is 4.39 Å². The molecule has 1 aliphatic rings. The maximum Gasteiger partial charge on any atom is 0.167 e. The van der Waals surface area contributed by atoms with Gasteiger partial charge in [-0.05, 0) is 12.8 Å². The number of aromatic hydroxyl groups is 1. The van der Waals surface area contributed by atoms with E-state index < -0.39 is 11.4 Å². The fourth-order valence-corrected chi connectivity index (χ4v) is 2.83. The molecule has 1 saturated carbocycles. The van der Waals surface area contributed by atoms with Crippen LogP contribution >= 0.6 is 11.6 Å². The summed E-state index contributed by atoms with van der Waals surface area (Å²) < 4.78 is 18.7. The molecule has 0 spiro atoms. The molecule has 0 heterocycles. The molecule has 0 atom stereocenters. The van der Waals surface area contributed by atoms with E-state index in [-0.39, 0.29) is 16.5 Å². The van der Waals surface area contributed by atoms with Crippen LogP contribution in [-0.2, 0) is 5.54 Å². The third-order valence-electron chi connectivity index (χ3n) is 3.35. The van der Waals surface area contributed by atoms with E-state index in [0.717, 1.165) is 18.9 Å². The molecule has 0 aliphatic heterocycles. The van der Waals surface area contributed by atoms with E-state index in [9.17, 15) is 9.50 Å². The maximum absolute atomic E-state index is 13.6. The monoisotopic (exact) mass is 259 g/mol. The molecular formula is C12H15ClFNO2. The first-order chi connectivity index (χ1) is 7.99. The van der Waals surface area contributed by atoms with E-state index in [2.05, 4.69) is 0 Å². The van der Waals surface area contributed by atoms with Crippen molar-refractivity contribution >= 4 is 11.6 Å². The SMILES string of the molecule is COc1c(O)cc(F)c(Cl)c1C1(N)CCCC1. The molecule has 0 aromatic heterocycles. The van der Waals surface area contributed by atoms with Crippen molar-refractivity contribution in [2.45, 2.75) is 31.2 Å². The summed E-state index contributed by atoms with van der Waals surface area (Å²) in [6.45, 7) is 0. The molecule has 3 N–H and O–H groups in total. The van der Waals surface area contributed by atoms with Gasteiger partial charge in [0, 0.05) is 17.2 Å². The third kappa shape index (κ3) is 1.96. The van der Waals surface area contributed by atoms with Gasteiger partial charge in [0.15, 0.2) is 11.5 Å². The lowest BCUT2D eigenvalue weighted by Crippen LogP contribution is -2.34. The molecule has 0 radical (unpaired) electrons. The average molecular weight is 260 g/mol. The minimum absolute atomic E-state index is 0.0518. The molecule has 0 amide bonds. The summed E-state index contributed by atoms with van der Waals surface area (Å²) in [5, 5.41) is 9.64. The fraction of sp³-hybridized carbons (Fsp3) is 0.500. The maximum atomic E-state index is 13.6. The molecule has 0 bridgehead atoms. The van der Waals surface area contributed by atoms with Gasteiger partial charge in [0.1, 0.15) is 5.82 Å². The van der Waals surface area contributed by atoms with Gasteiger partial charge in [-0.25, -0.2) is 4.39 Å². The lowest BCUT2D eigenvalue weighted by Gasteiger charge is -2.27. The molecule has 2 rings (SSSR count). The first kappa shape index (κ1) is 12.5. The molecule has 1 aromatic carbocycles. The van der Waals surface area contributed by atoms with Gasteiger partial charge in [0.2, 0.25) is 0 Å². The number of phenols is 1. The highest BCUT2D eigenvalue weighted by atomic mass is 35.5. The smallest absolute Gasteiger partial charge is 0.167 e. The van der Waals surface area contributed by atoms with Crippen LogP contribution < -0.4 is 10.5 Å². The van der Waals surface area contributed by atoms with Crippen molar-refractivity contribution in [1.82, 2.24) is 0 Å². The normalized spacial score (nSPS) is 18.4. The molecule has 1 aromatic rings. The summed E-state index contributed by atoms with van der Waals surface area (Å²) in [5.74, 6) is -0.751. The van der Waals surface area contributed by atoms with Crippen molar-refractivity contribution in [2.24, 2.45) is 5.73 Å². The molecule has 0 saturated heterocycles. The Morgan fingerprint density at radius 2 is 2.06 bits per heavy atom. The Morgan fingerprint density at radius 3 is 2.59 bits per heavy atom. The third-order valence-corrected chi connectivity index (χ3v) is 3.72. The van der Waals surface area contributed by atoms with E-state index in [1.54, 1.807) is 0 Å². The van der Waals surface area contributed by atoms with E-state index in [4.69, 9.17) is 22.1 Å². The van der Waals surface area contributed by atoms with Gasteiger partial charge < -0.3 is 15.6 Å². The Labute approximate surface area is 104 Å². The topological polar surface area (TPSA) is 55.5 Å². The minimum atomic E-state index is -0.706. The zero-order chi connectivity index (χ0) is 12.6. The van der Waals surface area contributed by atoms with Crippen LogP contribution in [-0.4, -0.2) is 12.2 Å². The second kappa shape index (κ2) is 4.35. The van der Waals surface area contributed by atoms with Gasteiger partial charge in [0.05, 0.1) is 12.1 Å². The van der Waals surface area contributed by atoms with Crippen LogP contribution in [0.5, 0.6) is 11.5 Å². The van der Waals surface area contributed by atoms with Crippen LogP contribution in [0, 0.1) is 5.82 Å². The van der Waals surface area contributed by atoms with Gasteiger partial charge >= 0.3 is 0 Å². The average Bonchev–Trinajstić information content (AvgIpc) is 2.71. The molecule has 0 unspecified atom stereocenters. The largest absolute Gasteiger partial charge is 0.504 e. The Balaban J connectivity index is 2.65. The number of phenolic OH excluding ortho intramolecular Hbond substituents is 1. The summed E-state index contributed by atoms with van der Waals surface area (Å²) in [7, 11) is 1.41. The highest BCUT2D eigenvalue weighted by Gasteiger charge is 2.38.